The van der Waals surface area contributed by atoms with Crippen LogP contribution in [0.5, 0.6) is 34.5 Å². The van der Waals surface area contributed by atoms with Crippen molar-refractivity contribution >= 4 is 82.2 Å². The van der Waals surface area contributed by atoms with Crippen LogP contribution in [0.1, 0.15) is 152 Å². The minimum atomic E-state index is -0.549. The normalized spacial score (nSPS) is 10.9. The number of benzene rings is 8. The number of nitrogens with zero attached hydrogens (tertiary/aromatic N) is 4. The molecule has 0 amide bonds. The monoisotopic (exact) mass is 1400 g/mol. The SMILES string of the molecule is C=CC(=O)OCCCCOc1ccc(C(=O)Oc2ccc(C(=O)Oc3ccc(N=Nc4ccc(CCC)cc4)cc3C)cc2)cc1.CCCc1ccc(N=Nc2ccc(OC(=O)c3ccc(OC(=O)c4ccc(OCCCCOC(=O)C(C)CC)cc4)cc3)c(C)c2)cc1.PP.[2H]CC(C)=O. The molecule has 100 heavy (non-hydrogen) atoms. The summed E-state index contributed by atoms with van der Waals surface area (Å²) in [5.41, 5.74) is 8.12. The molecule has 8 aromatic rings. The second kappa shape index (κ2) is 44.5. The number of hydrogen-bond acceptors (Lipinski definition) is 19. The van der Waals surface area contributed by atoms with Gasteiger partial charge in [0, 0.05) is 7.45 Å². The number of rotatable bonds is 31. The van der Waals surface area contributed by atoms with Crippen LogP contribution in [0.3, 0.4) is 0 Å². The molecule has 0 aliphatic heterocycles. The summed E-state index contributed by atoms with van der Waals surface area (Å²) < 4.78 is 50.0. The van der Waals surface area contributed by atoms with E-state index >= 15 is 0 Å². The van der Waals surface area contributed by atoms with E-state index in [0.29, 0.717) is 102 Å². The Morgan fingerprint density at radius 1 is 0.450 bits per heavy atom. The molecule has 0 saturated heterocycles. The van der Waals surface area contributed by atoms with Gasteiger partial charge >= 0.3 is 35.8 Å². The molecule has 0 aromatic heterocycles. The van der Waals surface area contributed by atoms with Crippen molar-refractivity contribution < 1.29 is 72.8 Å². The first kappa shape index (κ1) is 78.6. The maximum Gasteiger partial charge on any atom is 0.343 e. The Balaban J connectivity index is 0.000000333. The lowest BCUT2D eigenvalue weighted by molar-refractivity contribution is -0.148. The highest BCUT2D eigenvalue weighted by Gasteiger charge is 2.17. The Morgan fingerprint density at radius 2 is 0.770 bits per heavy atom. The molecular weight excluding hydrogens is 1310 g/mol. The molecule has 8 rings (SSSR count). The lowest BCUT2D eigenvalue weighted by atomic mass is 10.1. The summed E-state index contributed by atoms with van der Waals surface area (Å²) in [6.07, 6.45) is 8.93. The van der Waals surface area contributed by atoms with E-state index in [9.17, 15) is 33.6 Å². The fourth-order valence-electron chi connectivity index (χ4n) is 8.73. The van der Waals surface area contributed by atoms with E-state index in [-0.39, 0.29) is 36.1 Å². The van der Waals surface area contributed by atoms with Crippen LogP contribution in [0.15, 0.2) is 215 Å². The molecule has 3 unspecified atom stereocenters. The number of azo groups is 2. The van der Waals surface area contributed by atoms with Gasteiger partial charge < -0.3 is 42.7 Å². The van der Waals surface area contributed by atoms with Crippen molar-refractivity contribution in [2.75, 3.05) is 26.4 Å². The number of carbonyl (C=O) groups excluding carboxylic acids is 7. The molecule has 524 valence electrons. The molecule has 3 atom stereocenters. The number of carbonyl (C=O) groups is 7. The van der Waals surface area contributed by atoms with Gasteiger partial charge in [0.05, 0.1) is 77.3 Å². The molecule has 0 N–H and O–H groups in total. The lowest BCUT2D eigenvalue weighted by Gasteiger charge is -2.10. The topological polar surface area (TPSA) is 243 Å². The molecular formula is C79H88N4O15P2. The van der Waals surface area contributed by atoms with Crippen LogP contribution in [0.4, 0.5) is 22.7 Å². The number of ether oxygens (including phenoxy) is 8. The molecule has 0 spiro atoms. The Hall–Kier alpha value is -10.4. The largest absolute Gasteiger partial charge is 0.494 e. The van der Waals surface area contributed by atoms with Crippen LogP contribution in [0.25, 0.3) is 0 Å². The van der Waals surface area contributed by atoms with Gasteiger partial charge in [-0.1, -0.05) is 71.4 Å². The zero-order valence-electron chi connectivity index (χ0n) is 58.6. The predicted molar refractivity (Wildman–Crippen MR) is 394 cm³/mol. The second-order valence-corrected chi connectivity index (χ2v) is 22.4. The van der Waals surface area contributed by atoms with Crippen molar-refractivity contribution in [1.82, 2.24) is 0 Å². The van der Waals surface area contributed by atoms with Gasteiger partial charge in [-0.25, -0.2) is 24.0 Å². The first-order valence-electron chi connectivity index (χ1n) is 33.4. The van der Waals surface area contributed by atoms with Crippen LogP contribution in [-0.4, -0.2) is 68.0 Å². The summed E-state index contributed by atoms with van der Waals surface area (Å²) in [6.45, 7) is 18.0. The lowest BCUT2D eigenvalue weighted by Crippen LogP contribution is -2.15. The molecule has 0 fully saturated rings. The van der Waals surface area contributed by atoms with Crippen LogP contribution in [0.2, 0.25) is 0 Å². The van der Waals surface area contributed by atoms with Gasteiger partial charge in [0.1, 0.15) is 40.3 Å². The standard InChI is InChI=1S/C39H42N2O7.C37H36N2O7.C3H6O.H4P2/c1-5-9-29-10-16-32(17-11-29)40-41-33-18-23-36(28(4)26-33)48-39(44)31-14-21-35(22-15-31)47-38(43)30-12-19-34(20-13-30)45-24-7-8-25-46-37(42)27(3)6-2;1-4-8-27-9-15-30(16-10-27)38-39-31-17-22-34(26(3)25-31)46-37(42)29-13-20-33(21-14-29)45-36(41)28-11-18-32(19-12-28)43-23-6-7-24-44-35(40)5-2;1-3(2)4;1-2/h10-23,26-27H,5-9,24-25H2,1-4H3;5,9-22,25H,2,4,6-8,23-24H2,1,3H3;1-2H3;1-2H2/i;;1D;. The predicted octanol–water partition coefficient (Wildman–Crippen LogP) is 19.5. The van der Waals surface area contributed by atoms with E-state index in [0.717, 1.165) is 67.1 Å². The van der Waals surface area contributed by atoms with Crippen LogP contribution in [0, 0.1) is 19.8 Å². The quantitative estimate of drug-likeness (QED) is 0.00979. The third-order valence-corrected chi connectivity index (χ3v) is 14.3. The number of Topliss-reactive ketones (excluding diaryl/α,β-unsaturated/α-hetero) is 1. The van der Waals surface area contributed by atoms with Crippen LogP contribution >= 0.6 is 17.9 Å². The number of esters is 6. The summed E-state index contributed by atoms with van der Waals surface area (Å²) in [7, 11) is 4.67. The summed E-state index contributed by atoms with van der Waals surface area (Å²) in [5.74, 6) is -0.346. The summed E-state index contributed by atoms with van der Waals surface area (Å²) >= 11 is 0. The molecule has 0 aliphatic rings. The van der Waals surface area contributed by atoms with E-state index in [4.69, 9.17) is 39.3 Å². The summed E-state index contributed by atoms with van der Waals surface area (Å²) in [4.78, 5) is 83.2. The van der Waals surface area contributed by atoms with Gasteiger partial charge in [-0.2, -0.15) is 20.5 Å². The maximum absolute atomic E-state index is 12.8. The van der Waals surface area contributed by atoms with Crippen molar-refractivity contribution in [3.05, 3.63) is 239 Å². The number of hydrogen-bond donors (Lipinski definition) is 0. The maximum atomic E-state index is 12.8. The zero-order valence-corrected chi connectivity index (χ0v) is 60.0. The molecule has 0 bridgehead atoms. The van der Waals surface area contributed by atoms with Crippen molar-refractivity contribution in [2.24, 2.45) is 26.4 Å². The van der Waals surface area contributed by atoms with E-state index < -0.39 is 29.8 Å². The highest BCUT2D eigenvalue weighted by Crippen LogP contribution is 2.30. The first-order chi connectivity index (χ1) is 48.9. The fraction of sp³-hybridized carbons (Fsp3) is 0.278. The van der Waals surface area contributed by atoms with E-state index in [1.807, 2.05) is 52.0 Å². The average Bonchev–Trinajstić information content (AvgIpc) is 0.858. The summed E-state index contributed by atoms with van der Waals surface area (Å²) in [6, 6.07) is 51.9. The minimum Gasteiger partial charge on any atom is -0.494 e. The van der Waals surface area contributed by atoms with Crippen LogP contribution < -0.4 is 28.4 Å². The Kier molecular flexibility index (Phi) is 35.0. The van der Waals surface area contributed by atoms with Gasteiger partial charge in [0.15, 0.2) is 0 Å². The minimum absolute atomic E-state index is 0.0787. The van der Waals surface area contributed by atoms with Crippen molar-refractivity contribution in [1.29, 1.82) is 0 Å². The Labute approximate surface area is 591 Å². The van der Waals surface area contributed by atoms with Gasteiger partial charge in [-0.3, -0.25) is 4.79 Å². The fourth-order valence-corrected chi connectivity index (χ4v) is 8.73. The van der Waals surface area contributed by atoms with E-state index in [1.54, 1.807) is 84.9 Å². The van der Waals surface area contributed by atoms with Crippen LogP contribution in [-0.2, 0) is 36.7 Å². The van der Waals surface area contributed by atoms with E-state index in [2.05, 4.69) is 83.0 Å². The first-order valence-corrected chi connectivity index (χ1v) is 35.4. The number of unbranched alkanes of at least 4 members (excludes halogenated alkanes) is 2. The molecule has 21 heteroatoms. The van der Waals surface area contributed by atoms with Gasteiger partial charge in [0.25, 0.3) is 0 Å². The third kappa shape index (κ3) is 29.4. The number of aryl methyl sites for hydroxylation is 4. The number of ketones is 1. The Bertz CT molecular complexity index is 4000. The molecule has 0 aliphatic carbocycles. The van der Waals surface area contributed by atoms with E-state index in [1.165, 1.54) is 66.6 Å². The molecule has 0 radical (unpaired) electrons. The molecule has 0 saturated carbocycles. The van der Waals surface area contributed by atoms with Crippen molar-refractivity contribution in [2.45, 2.75) is 113 Å². The smallest absolute Gasteiger partial charge is 0.343 e. The summed E-state index contributed by atoms with van der Waals surface area (Å²) in [5, 5.41) is 17.2. The van der Waals surface area contributed by atoms with Gasteiger partial charge in [0.2, 0.25) is 0 Å². The Morgan fingerprint density at radius 3 is 1.10 bits per heavy atom. The van der Waals surface area contributed by atoms with Crippen molar-refractivity contribution in [3.63, 3.8) is 0 Å². The van der Waals surface area contributed by atoms with Gasteiger partial charge in [-0.05, 0) is 253 Å². The molecule has 0 heterocycles. The zero-order chi connectivity index (χ0) is 73.3. The molecule has 19 nitrogen and oxygen atoms in total. The second-order valence-electron chi connectivity index (χ2n) is 22.4. The average molecular weight is 1400 g/mol. The highest BCUT2D eigenvalue weighted by molar-refractivity contribution is 7.92. The highest BCUT2D eigenvalue weighted by atomic mass is 32.0. The third-order valence-electron chi connectivity index (χ3n) is 14.3. The van der Waals surface area contributed by atoms with Crippen molar-refractivity contribution in [3.8, 4) is 34.5 Å². The molecule has 8 aromatic carbocycles. The van der Waals surface area contributed by atoms with Gasteiger partial charge in [-0.15, -0.1) is 17.9 Å².